The molecule has 1 saturated heterocycles. The van der Waals surface area contributed by atoms with Crippen molar-refractivity contribution in [2.45, 2.75) is 6.54 Å². The summed E-state index contributed by atoms with van der Waals surface area (Å²) in [4.78, 5) is 20.5. The number of aryl methyl sites for hydroxylation is 1. The second kappa shape index (κ2) is 4.79. The smallest absolute Gasteiger partial charge is 0.406 e. The van der Waals surface area contributed by atoms with E-state index in [9.17, 15) is 4.79 Å². The first kappa shape index (κ1) is 12.4. The molecule has 0 aromatic carbocycles. The Morgan fingerprint density at radius 2 is 2.00 bits per heavy atom. The summed E-state index contributed by atoms with van der Waals surface area (Å²) >= 11 is 0. The Morgan fingerprint density at radius 3 is 2.74 bits per heavy atom. The number of likely N-dealkylation sites (N-methyl/N-ethyl adjacent to an activating group) is 1. The number of oxazole rings is 1. The van der Waals surface area contributed by atoms with Gasteiger partial charge in [0, 0.05) is 46.0 Å². The Morgan fingerprint density at radius 1 is 1.26 bits per heavy atom. The fourth-order valence-electron chi connectivity index (χ4n) is 2.40. The Hall–Kier alpha value is -1.66. The Balaban J connectivity index is 1.80. The molecule has 0 radical (unpaired) electrons. The van der Waals surface area contributed by atoms with E-state index in [0.717, 1.165) is 38.3 Å². The molecule has 0 N–H and O–H groups in total. The predicted molar refractivity (Wildman–Crippen MR) is 72.0 cm³/mol. The summed E-state index contributed by atoms with van der Waals surface area (Å²) in [7, 11) is 3.81. The Kier molecular flexibility index (Phi) is 3.12. The minimum absolute atomic E-state index is 0.362. The average Bonchev–Trinajstić information content (AvgIpc) is 2.68. The molecule has 1 aliphatic rings. The lowest BCUT2D eigenvalue weighted by molar-refractivity contribution is 0.148. The van der Waals surface area contributed by atoms with Crippen LogP contribution in [0.1, 0.15) is 5.56 Å². The van der Waals surface area contributed by atoms with E-state index in [4.69, 9.17) is 4.42 Å². The van der Waals surface area contributed by atoms with Crippen molar-refractivity contribution in [3.05, 3.63) is 28.4 Å². The first-order chi connectivity index (χ1) is 9.13. The minimum atomic E-state index is -0.362. The number of fused-ring (bicyclic) bond motifs is 1. The van der Waals surface area contributed by atoms with Gasteiger partial charge in [0.15, 0.2) is 11.2 Å². The second-order valence-corrected chi connectivity index (χ2v) is 5.17. The van der Waals surface area contributed by atoms with Crippen LogP contribution >= 0.6 is 0 Å². The molecule has 0 aliphatic carbocycles. The van der Waals surface area contributed by atoms with E-state index in [2.05, 4.69) is 21.8 Å². The van der Waals surface area contributed by atoms with Crippen LogP contribution in [0, 0.1) is 0 Å². The van der Waals surface area contributed by atoms with Crippen molar-refractivity contribution < 1.29 is 4.42 Å². The summed E-state index contributed by atoms with van der Waals surface area (Å²) in [5.74, 6) is -0.362. The van der Waals surface area contributed by atoms with Crippen molar-refractivity contribution >= 4 is 11.2 Å². The maximum atomic E-state index is 11.4. The van der Waals surface area contributed by atoms with E-state index < -0.39 is 0 Å². The lowest BCUT2D eigenvalue weighted by atomic mass is 10.2. The summed E-state index contributed by atoms with van der Waals surface area (Å²) in [5.41, 5.74) is 2.26. The molecule has 0 unspecified atom stereocenters. The van der Waals surface area contributed by atoms with Crippen molar-refractivity contribution in [2.75, 3.05) is 33.2 Å². The Bertz CT molecular complexity index is 638. The van der Waals surface area contributed by atoms with Crippen LogP contribution in [0.2, 0.25) is 0 Å². The molecular formula is C13H18N4O2. The second-order valence-electron chi connectivity index (χ2n) is 5.17. The topological polar surface area (TPSA) is 54.5 Å². The quantitative estimate of drug-likeness (QED) is 0.778. The summed E-state index contributed by atoms with van der Waals surface area (Å²) in [6.45, 7) is 5.17. The molecule has 2 aromatic heterocycles. The number of nitrogens with zero attached hydrogens (tertiary/aromatic N) is 4. The van der Waals surface area contributed by atoms with E-state index in [-0.39, 0.29) is 5.76 Å². The van der Waals surface area contributed by atoms with Crippen LogP contribution in [0.15, 0.2) is 21.5 Å². The Labute approximate surface area is 111 Å². The third kappa shape index (κ3) is 2.41. The first-order valence-electron chi connectivity index (χ1n) is 6.49. The third-order valence-corrected chi connectivity index (χ3v) is 3.68. The molecule has 0 amide bonds. The van der Waals surface area contributed by atoms with Gasteiger partial charge in [0.25, 0.3) is 0 Å². The molecular weight excluding hydrogens is 244 g/mol. The molecule has 6 heteroatoms. The largest absolute Gasteiger partial charge is 0.420 e. The molecule has 19 heavy (non-hydrogen) atoms. The van der Waals surface area contributed by atoms with Gasteiger partial charge >= 0.3 is 5.76 Å². The van der Waals surface area contributed by atoms with Crippen LogP contribution < -0.4 is 5.76 Å². The van der Waals surface area contributed by atoms with Crippen molar-refractivity contribution in [1.82, 2.24) is 19.4 Å². The number of aromatic nitrogens is 2. The maximum Gasteiger partial charge on any atom is 0.420 e. The highest BCUT2D eigenvalue weighted by molar-refractivity contribution is 5.68. The van der Waals surface area contributed by atoms with Gasteiger partial charge in [0.05, 0.1) is 0 Å². The third-order valence-electron chi connectivity index (χ3n) is 3.68. The van der Waals surface area contributed by atoms with Gasteiger partial charge in [0.1, 0.15) is 0 Å². The van der Waals surface area contributed by atoms with Gasteiger partial charge in [-0.1, -0.05) is 0 Å². The fraction of sp³-hybridized carbons (Fsp3) is 0.538. The SMILES string of the molecule is CN1CCN(Cc2cnc3c(c2)oc(=O)n3C)CC1. The van der Waals surface area contributed by atoms with Crippen LogP contribution in [-0.4, -0.2) is 52.6 Å². The molecule has 0 bridgehead atoms. The van der Waals surface area contributed by atoms with E-state index in [1.54, 1.807) is 7.05 Å². The molecule has 0 atom stereocenters. The zero-order valence-corrected chi connectivity index (χ0v) is 11.3. The summed E-state index contributed by atoms with van der Waals surface area (Å²) in [6, 6.07) is 1.92. The number of hydrogen-bond donors (Lipinski definition) is 0. The van der Waals surface area contributed by atoms with Gasteiger partial charge in [-0.05, 0) is 18.7 Å². The molecule has 1 aliphatic heterocycles. The molecule has 1 fully saturated rings. The first-order valence-corrected chi connectivity index (χ1v) is 6.49. The van der Waals surface area contributed by atoms with E-state index >= 15 is 0 Å². The van der Waals surface area contributed by atoms with Gasteiger partial charge in [0.2, 0.25) is 0 Å². The molecule has 3 rings (SSSR count). The minimum Gasteiger partial charge on any atom is -0.406 e. The van der Waals surface area contributed by atoms with Crippen LogP contribution in [-0.2, 0) is 13.6 Å². The van der Waals surface area contributed by atoms with Gasteiger partial charge in [-0.15, -0.1) is 0 Å². The molecule has 0 saturated carbocycles. The average molecular weight is 262 g/mol. The lowest BCUT2D eigenvalue weighted by Crippen LogP contribution is -2.43. The van der Waals surface area contributed by atoms with Gasteiger partial charge in [-0.2, -0.15) is 0 Å². The summed E-state index contributed by atoms with van der Waals surface area (Å²) in [6.07, 6.45) is 1.83. The highest BCUT2D eigenvalue weighted by Gasteiger charge is 2.15. The van der Waals surface area contributed by atoms with Gasteiger partial charge in [-0.3, -0.25) is 9.47 Å². The van der Waals surface area contributed by atoms with Gasteiger partial charge < -0.3 is 9.32 Å². The normalized spacial score (nSPS) is 18.2. The highest BCUT2D eigenvalue weighted by atomic mass is 16.4. The summed E-state index contributed by atoms with van der Waals surface area (Å²) < 4.78 is 6.59. The maximum absolute atomic E-state index is 11.4. The summed E-state index contributed by atoms with van der Waals surface area (Å²) in [5, 5.41) is 0. The molecule has 102 valence electrons. The van der Waals surface area contributed by atoms with E-state index in [0.29, 0.717) is 11.2 Å². The molecule has 3 heterocycles. The van der Waals surface area contributed by atoms with Crippen molar-refractivity contribution in [3.63, 3.8) is 0 Å². The predicted octanol–water partition coefficient (Wildman–Crippen LogP) is 0.274. The lowest BCUT2D eigenvalue weighted by Gasteiger charge is -2.32. The molecule has 2 aromatic rings. The van der Waals surface area contributed by atoms with Crippen LogP contribution in [0.5, 0.6) is 0 Å². The van der Waals surface area contributed by atoms with E-state index in [1.165, 1.54) is 4.57 Å². The standard InChI is InChI=1S/C13H18N4O2/c1-15-3-5-17(6-4-15)9-10-7-11-12(14-8-10)16(2)13(18)19-11/h7-8H,3-6,9H2,1-2H3. The zero-order chi connectivity index (χ0) is 13.4. The number of piperazine rings is 1. The van der Waals surface area contributed by atoms with Crippen LogP contribution in [0.3, 0.4) is 0 Å². The number of pyridine rings is 1. The highest BCUT2D eigenvalue weighted by Crippen LogP contribution is 2.13. The van der Waals surface area contributed by atoms with Crippen molar-refractivity contribution in [2.24, 2.45) is 7.05 Å². The van der Waals surface area contributed by atoms with Crippen LogP contribution in [0.25, 0.3) is 11.2 Å². The number of rotatable bonds is 2. The molecule has 0 spiro atoms. The zero-order valence-electron chi connectivity index (χ0n) is 11.3. The van der Waals surface area contributed by atoms with Crippen molar-refractivity contribution in [3.8, 4) is 0 Å². The van der Waals surface area contributed by atoms with E-state index in [1.807, 2.05) is 12.3 Å². The monoisotopic (exact) mass is 262 g/mol. The van der Waals surface area contributed by atoms with Crippen LogP contribution in [0.4, 0.5) is 0 Å². The van der Waals surface area contributed by atoms with Gasteiger partial charge in [-0.25, -0.2) is 9.78 Å². The number of hydrogen-bond acceptors (Lipinski definition) is 5. The van der Waals surface area contributed by atoms with Crippen molar-refractivity contribution in [1.29, 1.82) is 0 Å². The fourth-order valence-corrected chi connectivity index (χ4v) is 2.40. The molecule has 6 nitrogen and oxygen atoms in total.